The standard InChI is InChI=1S/C21H13F3N4O/c22-16-4-1-3-12(18(16)24)14(8-25)20(29)15-10-28-21-13(15)7-11(9-27-21)19-17(23)5-2-6-26-19/h1-10,25,29H,(H,27,28)/b20-14+,25-8?. The SMILES string of the molecule is N=C/C(=C(\O)c1c[nH]c2ncc(-c3ncccc3F)cc12)c1cccc(F)c1F. The number of benzene rings is 1. The van der Waals surface area contributed by atoms with Crippen LogP contribution in [0.25, 0.3) is 33.6 Å². The quantitative estimate of drug-likeness (QED) is 0.332. The molecule has 0 saturated carbocycles. The third-order valence-electron chi connectivity index (χ3n) is 4.46. The largest absolute Gasteiger partial charge is 0.507 e. The minimum absolute atomic E-state index is 0.0842. The molecule has 0 radical (unpaired) electrons. The van der Waals surface area contributed by atoms with Crippen LogP contribution in [0, 0.1) is 22.9 Å². The Morgan fingerprint density at radius 1 is 1.03 bits per heavy atom. The number of aliphatic hydroxyl groups excluding tert-OH is 1. The molecule has 8 heteroatoms. The number of halogens is 3. The van der Waals surface area contributed by atoms with Gasteiger partial charge in [0.2, 0.25) is 0 Å². The monoisotopic (exact) mass is 394 g/mol. The zero-order chi connectivity index (χ0) is 20.5. The normalized spacial score (nSPS) is 12.1. The van der Waals surface area contributed by atoms with Gasteiger partial charge in [-0.3, -0.25) is 4.98 Å². The van der Waals surface area contributed by atoms with Gasteiger partial charge in [0.1, 0.15) is 22.9 Å². The zero-order valence-electron chi connectivity index (χ0n) is 14.7. The summed E-state index contributed by atoms with van der Waals surface area (Å²) >= 11 is 0. The maximum atomic E-state index is 14.2. The van der Waals surface area contributed by atoms with Crippen molar-refractivity contribution in [2.75, 3.05) is 0 Å². The number of nitrogens with zero attached hydrogens (tertiary/aromatic N) is 2. The number of aromatic nitrogens is 3. The molecule has 3 heterocycles. The molecule has 4 rings (SSSR count). The first kappa shape index (κ1) is 18.4. The number of hydrogen-bond donors (Lipinski definition) is 3. The lowest BCUT2D eigenvalue weighted by Crippen LogP contribution is -1.98. The molecule has 0 saturated heterocycles. The highest BCUT2D eigenvalue weighted by atomic mass is 19.2. The Morgan fingerprint density at radius 2 is 1.83 bits per heavy atom. The molecule has 3 aromatic heterocycles. The van der Waals surface area contributed by atoms with Crippen molar-refractivity contribution in [1.82, 2.24) is 15.0 Å². The van der Waals surface area contributed by atoms with Crippen LogP contribution in [-0.2, 0) is 0 Å². The molecule has 0 amide bonds. The molecule has 3 N–H and O–H groups in total. The number of nitrogens with one attached hydrogen (secondary N) is 2. The third-order valence-corrected chi connectivity index (χ3v) is 4.46. The van der Waals surface area contributed by atoms with Crippen molar-refractivity contribution in [2.24, 2.45) is 0 Å². The average molecular weight is 394 g/mol. The van der Waals surface area contributed by atoms with Crippen molar-refractivity contribution in [1.29, 1.82) is 5.41 Å². The molecule has 0 aliphatic heterocycles. The number of hydrogen-bond acceptors (Lipinski definition) is 4. The number of fused-ring (bicyclic) bond motifs is 1. The van der Waals surface area contributed by atoms with E-state index in [9.17, 15) is 18.3 Å². The molecule has 0 bridgehead atoms. The summed E-state index contributed by atoms with van der Waals surface area (Å²) < 4.78 is 41.9. The van der Waals surface area contributed by atoms with E-state index >= 15 is 0 Å². The number of H-pyrrole nitrogens is 1. The molecule has 4 aromatic rings. The van der Waals surface area contributed by atoms with Gasteiger partial charge >= 0.3 is 0 Å². The van der Waals surface area contributed by atoms with Crippen LogP contribution in [0.2, 0.25) is 0 Å². The highest BCUT2D eigenvalue weighted by Gasteiger charge is 2.19. The molecule has 0 aliphatic rings. The highest BCUT2D eigenvalue weighted by Crippen LogP contribution is 2.32. The predicted molar refractivity (Wildman–Crippen MR) is 104 cm³/mol. The van der Waals surface area contributed by atoms with Crippen molar-refractivity contribution in [2.45, 2.75) is 0 Å². The van der Waals surface area contributed by atoms with Gasteiger partial charge in [-0.15, -0.1) is 0 Å². The number of aliphatic hydroxyl groups is 1. The lowest BCUT2D eigenvalue weighted by Gasteiger charge is -2.08. The lowest BCUT2D eigenvalue weighted by molar-refractivity contribution is 0.503. The van der Waals surface area contributed by atoms with E-state index in [0.29, 0.717) is 16.6 Å². The van der Waals surface area contributed by atoms with Gasteiger partial charge in [-0.1, -0.05) is 12.1 Å². The molecule has 29 heavy (non-hydrogen) atoms. The van der Waals surface area contributed by atoms with Gasteiger partial charge in [-0.05, 0) is 24.3 Å². The Morgan fingerprint density at radius 3 is 2.59 bits per heavy atom. The molecule has 144 valence electrons. The Balaban J connectivity index is 1.92. The second kappa shape index (κ2) is 7.23. The molecule has 0 aliphatic carbocycles. The van der Waals surface area contributed by atoms with E-state index in [1.54, 1.807) is 6.07 Å². The van der Waals surface area contributed by atoms with Crippen LogP contribution in [0.4, 0.5) is 13.2 Å². The molecular formula is C21H13F3N4O. The van der Waals surface area contributed by atoms with E-state index in [2.05, 4.69) is 15.0 Å². The lowest BCUT2D eigenvalue weighted by atomic mass is 10.0. The first-order valence-electron chi connectivity index (χ1n) is 8.47. The first-order valence-corrected chi connectivity index (χ1v) is 8.47. The molecule has 0 unspecified atom stereocenters. The van der Waals surface area contributed by atoms with E-state index in [-0.39, 0.29) is 22.4 Å². The fourth-order valence-corrected chi connectivity index (χ4v) is 3.06. The zero-order valence-corrected chi connectivity index (χ0v) is 14.7. The topological polar surface area (TPSA) is 85.6 Å². The molecule has 5 nitrogen and oxygen atoms in total. The summed E-state index contributed by atoms with van der Waals surface area (Å²) in [5, 5.41) is 18.8. The average Bonchev–Trinajstić information content (AvgIpc) is 3.15. The van der Waals surface area contributed by atoms with E-state index < -0.39 is 23.2 Å². The maximum Gasteiger partial charge on any atom is 0.166 e. The second-order valence-corrected chi connectivity index (χ2v) is 6.16. The summed E-state index contributed by atoms with van der Waals surface area (Å²) in [6, 6.07) is 7.78. The van der Waals surface area contributed by atoms with Gasteiger partial charge < -0.3 is 15.5 Å². The summed E-state index contributed by atoms with van der Waals surface area (Å²) in [6.45, 7) is 0. The van der Waals surface area contributed by atoms with E-state index in [1.807, 2.05) is 0 Å². The smallest absolute Gasteiger partial charge is 0.166 e. The van der Waals surface area contributed by atoms with Crippen LogP contribution in [0.5, 0.6) is 0 Å². The van der Waals surface area contributed by atoms with Gasteiger partial charge in [-0.25, -0.2) is 18.2 Å². The molecule has 0 spiro atoms. The summed E-state index contributed by atoms with van der Waals surface area (Å²) in [5.74, 6) is -3.25. The van der Waals surface area contributed by atoms with Crippen LogP contribution in [0.1, 0.15) is 11.1 Å². The number of rotatable bonds is 4. The summed E-state index contributed by atoms with van der Waals surface area (Å²) in [4.78, 5) is 11.1. The molecular weight excluding hydrogens is 381 g/mol. The second-order valence-electron chi connectivity index (χ2n) is 6.16. The van der Waals surface area contributed by atoms with Gasteiger partial charge in [0.25, 0.3) is 0 Å². The Hall–Kier alpha value is -3.94. The third kappa shape index (κ3) is 3.14. The van der Waals surface area contributed by atoms with Crippen LogP contribution >= 0.6 is 0 Å². The van der Waals surface area contributed by atoms with Gasteiger partial charge in [0.15, 0.2) is 11.6 Å². The van der Waals surface area contributed by atoms with Gasteiger partial charge in [0.05, 0.1) is 0 Å². The molecule has 0 atom stereocenters. The van der Waals surface area contributed by atoms with Crippen molar-refractivity contribution in [3.63, 3.8) is 0 Å². The van der Waals surface area contributed by atoms with Crippen LogP contribution in [0.3, 0.4) is 0 Å². The van der Waals surface area contributed by atoms with Crippen LogP contribution < -0.4 is 0 Å². The fraction of sp³-hybridized carbons (Fsp3) is 0. The number of allylic oxidation sites excluding steroid dienone is 1. The van der Waals surface area contributed by atoms with E-state index in [1.165, 1.54) is 42.9 Å². The minimum Gasteiger partial charge on any atom is -0.507 e. The Bertz CT molecular complexity index is 1280. The van der Waals surface area contributed by atoms with E-state index in [4.69, 9.17) is 5.41 Å². The van der Waals surface area contributed by atoms with Gasteiger partial charge in [-0.2, -0.15) is 0 Å². The van der Waals surface area contributed by atoms with Crippen molar-refractivity contribution in [3.8, 4) is 11.3 Å². The summed E-state index contributed by atoms with van der Waals surface area (Å²) in [6.07, 6.45) is 5.03. The maximum absolute atomic E-state index is 14.2. The fourth-order valence-electron chi connectivity index (χ4n) is 3.06. The molecule has 1 aromatic carbocycles. The predicted octanol–water partition coefficient (Wildman–Crippen LogP) is 5.12. The van der Waals surface area contributed by atoms with Crippen LogP contribution in [0.15, 0.2) is 55.0 Å². The van der Waals surface area contributed by atoms with Gasteiger partial charge in [0, 0.05) is 52.5 Å². The molecule has 0 fully saturated rings. The number of pyridine rings is 2. The van der Waals surface area contributed by atoms with Crippen LogP contribution in [-0.4, -0.2) is 26.3 Å². The van der Waals surface area contributed by atoms with E-state index in [0.717, 1.165) is 12.3 Å². The Labute approximate surface area is 162 Å². The first-order chi connectivity index (χ1) is 14.0. The number of aromatic amines is 1. The minimum atomic E-state index is -1.17. The van der Waals surface area contributed by atoms with Crippen molar-refractivity contribution in [3.05, 3.63) is 83.6 Å². The summed E-state index contributed by atoms with van der Waals surface area (Å²) in [7, 11) is 0. The Kier molecular flexibility index (Phi) is 4.59. The highest BCUT2D eigenvalue weighted by molar-refractivity contribution is 6.18. The van der Waals surface area contributed by atoms with Crippen molar-refractivity contribution < 1.29 is 18.3 Å². The van der Waals surface area contributed by atoms with Crippen molar-refractivity contribution >= 4 is 28.6 Å². The summed E-state index contributed by atoms with van der Waals surface area (Å²) in [5.41, 5.74) is 0.575.